The number of nitrogens with zero attached hydrogens (tertiary/aromatic N) is 1. The van der Waals surface area contributed by atoms with E-state index in [4.69, 9.17) is 0 Å². The lowest BCUT2D eigenvalue weighted by molar-refractivity contribution is 0.774. The van der Waals surface area contributed by atoms with Gasteiger partial charge in [-0.15, -0.1) is 0 Å². The molecule has 1 aromatic heterocycles. The highest BCUT2D eigenvalue weighted by Gasteiger charge is 1.95. The van der Waals surface area contributed by atoms with E-state index in [9.17, 15) is 0 Å². The van der Waals surface area contributed by atoms with Crippen LogP contribution in [0, 0.1) is 0 Å². The maximum absolute atomic E-state index is 4.31. The Morgan fingerprint density at radius 2 is 2.42 bits per heavy atom. The number of pyridine rings is 1. The van der Waals surface area contributed by atoms with E-state index in [0.717, 1.165) is 6.42 Å². The average molecular weight is 293 g/mol. The smallest absolute Gasteiger partial charge is 0.0415 e. The number of halogens is 1. The number of rotatable bonds is 4. The van der Waals surface area contributed by atoms with E-state index < -0.39 is 0 Å². The molecule has 0 radical (unpaired) electrons. The molecule has 0 bridgehead atoms. The first kappa shape index (κ1) is 10.3. The summed E-state index contributed by atoms with van der Waals surface area (Å²) in [6.07, 6.45) is 5.49. The molecule has 66 valence electrons. The van der Waals surface area contributed by atoms with Crippen LogP contribution in [0.15, 0.2) is 23.2 Å². The van der Waals surface area contributed by atoms with Crippen molar-refractivity contribution in [2.75, 3.05) is 0 Å². The van der Waals surface area contributed by atoms with Crippen molar-refractivity contribution in [2.24, 2.45) is 0 Å². The summed E-state index contributed by atoms with van der Waals surface area (Å²) in [7, 11) is 1.75. The molecule has 0 saturated heterocycles. The standard InChI is InChI=1S/C9H12INS/c1-2-3-4-8-7-9(12-10)5-6-11-8/h5-7H,2-4H2,1H3. The SMILES string of the molecule is CCCCc1cc(SI)ccn1. The van der Waals surface area contributed by atoms with Gasteiger partial charge in [-0.2, -0.15) is 0 Å². The summed E-state index contributed by atoms with van der Waals surface area (Å²) in [6.45, 7) is 2.21. The van der Waals surface area contributed by atoms with Crippen LogP contribution < -0.4 is 0 Å². The van der Waals surface area contributed by atoms with E-state index in [0.29, 0.717) is 0 Å². The van der Waals surface area contributed by atoms with E-state index in [-0.39, 0.29) is 0 Å². The molecule has 0 amide bonds. The van der Waals surface area contributed by atoms with E-state index in [2.05, 4.69) is 39.2 Å². The fourth-order valence-electron chi connectivity index (χ4n) is 0.999. The topological polar surface area (TPSA) is 12.9 Å². The molecule has 0 fully saturated rings. The fourth-order valence-corrected chi connectivity index (χ4v) is 2.11. The third kappa shape index (κ3) is 3.31. The van der Waals surface area contributed by atoms with Gasteiger partial charge in [0.2, 0.25) is 0 Å². The molecule has 1 rings (SSSR count). The highest BCUT2D eigenvalue weighted by molar-refractivity contribution is 14.2. The quantitative estimate of drug-likeness (QED) is 0.782. The zero-order chi connectivity index (χ0) is 8.81. The predicted octanol–water partition coefficient (Wildman–Crippen LogP) is 3.87. The largest absolute Gasteiger partial charge is 0.261 e. The van der Waals surface area contributed by atoms with E-state index in [1.807, 2.05) is 12.3 Å². The lowest BCUT2D eigenvalue weighted by Crippen LogP contribution is -1.88. The summed E-state index contributed by atoms with van der Waals surface area (Å²) in [5.41, 5.74) is 1.22. The van der Waals surface area contributed by atoms with Crippen LogP contribution in [0.5, 0.6) is 0 Å². The van der Waals surface area contributed by atoms with Gasteiger partial charge in [-0.1, -0.05) is 22.3 Å². The van der Waals surface area contributed by atoms with Gasteiger partial charge in [0.1, 0.15) is 0 Å². The molecule has 1 aromatic rings. The molecule has 0 aliphatic carbocycles. The Hall–Kier alpha value is 0.230. The van der Waals surface area contributed by atoms with Gasteiger partial charge in [0.25, 0.3) is 0 Å². The summed E-state index contributed by atoms with van der Waals surface area (Å²) in [4.78, 5) is 5.61. The minimum atomic E-state index is 1.11. The Labute approximate surface area is 89.9 Å². The van der Waals surface area contributed by atoms with Crippen LogP contribution in [-0.2, 0) is 6.42 Å². The number of aryl methyl sites for hydroxylation is 1. The molecule has 0 N–H and O–H groups in total. The normalized spacial score (nSPS) is 10.2. The van der Waals surface area contributed by atoms with Crippen LogP contribution in [0.3, 0.4) is 0 Å². The van der Waals surface area contributed by atoms with Gasteiger partial charge in [0.05, 0.1) is 0 Å². The van der Waals surface area contributed by atoms with E-state index in [1.165, 1.54) is 23.4 Å². The monoisotopic (exact) mass is 293 g/mol. The van der Waals surface area contributed by atoms with Crippen LogP contribution in [0.2, 0.25) is 0 Å². The summed E-state index contributed by atoms with van der Waals surface area (Å²) in [6, 6.07) is 4.22. The average Bonchev–Trinajstić information content (AvgIpc) is 2.15. The number of unbranched alkanes of at least 4 members (excludes halogenated alkanes) is 1. The maximum atomic E-state index is 4.31. The van der Waals surface area contributed by atoms with Crippen molar-refractivity contribution in [1.29, 1.82) is 0 Å². The molecule has 0 aliphatic heterocycles. The molecule has 12 heavy (non-hydrogen) atoms. The Kier molecular flexibility index (Phi) is 4.99. The van der Waals surface area contributed by atoms with Gasteiger partial charge in [-0.25, -0.2) is 0 Å². The van der Waals surface area contributed by atoms with Gasteiger partial charge in [-0.3, -0.25) is 4.98 Å². The van der Waals surface area contributed by atoms with Gasteiger partial charge in [-0.05, 0) is 25.0 Å². The molecular weight excluding hydrogens is 281 g/mol. The zero-order valence-electron chi connectivity index (χ0n) is 7.09. The molecule has 0 aromatic carbocycles. The summed E-state index contributed by atoms with van der Waals surface area (Å²) >= 11 is 2.30. The van der Waals surface area contributed by atoms with Crippen LogP contribution in [0.1, 0.15) is 25.5 Å². The molecule has 1 nitrogen and oxygen atoms in total. The third-order valence-electron chi connectivity index (χ3n) is 1.66. The zero-order valence-corrected chi connectivity index (χ0v) is 10.1. The first-order valence-electron chi connectivity index (χ1n) is 4.10. The molecular formula is C9H12INS. The highest BCUT2D eigenvalue weighted by Crippen LogP contribution is 2.24. The Balaban J connectivity index is 2.60. The number of aromatic nitrogens is 1. The van der Waals surface area contributed by atoms with Crippen LogP contribution in [-0.4, -0.2) is 4.98 Å². The molecule has 0 aliphatic rings. The number of hydrogen-bond donors (Lipinski definition) is 0. The van der Waals surface area contributed by atoms with Gasteiger partial charge < -0.3 is 0 Å². The van der Waals surface area contributed by atoms with Gasteiger partial charge in [0, 0.05) is 38.0 Å². The summed E-state index contributed by atoms with van der Waals surface area (Å²) < 4.78 is 0. The van der Waals surface area contributed by atoms with Crippen LogP contribution in [0.25, 0.3) is 0 Å². The lowest BCUT2D eigenvalue weighted by Gasteiger charge is -1.99. The summed E-state index contributed by atoms with van der Waals surface area (Å²) in [5, 5.41) is 0. The molecule has 3 heteroatoms. The Morgan fingerprint density at radius 1 is 1.58 bits per heavy atom. The van der Waals surface area contributed by atoms with Crippen molar-refractivity contribution in [2.45, 2.75) is 31.1 Å². The van der Waals surface area contributed by atoms with Crippen LogP contribution in [0.4, 0.5) is 0 Å². The third-order valence-corrected chi connectivity index (χ3v) is 3.62. The second kappa shape index (κ2) is 5.80. The maximum Gasteiger partial charge on any atom is 0.0415 e. The molecule has 0 spiro atoms. The fraction of sp³-hybridized carbons (Fsp3) is 0.444. The van der Waals surface area contributed by atoms with Crippen LogP contribution >= 0.6 is 30.1 Å². The van der Waals surface area contributed by atoms with Gasteiger partial charge in [0.15, 0.2) is 0 Å². The molecule has 0 saturated carbocycles. The van der Waals surface area contributed by atoms with Crippen molar-refractivity contribution < 1.29 is 0 Å². The molecule has 0 atom stereocenters. The van der Waals surface area contributed by atoms with Crippen molar-refractivity contribution in [3.63, 3.8) is 0 Å². The van der Waals surface area contributed by atoms with Crippen molar-refractivity contribution >= 4 is 30.1 Å². The second-order valence-corrected chi connectivity index (χ2v) is 4.61. The van der Waals surface area contributed by atoms with E-state index >= 15 is 0 Å². The first-order chi connectivity index (χ1) is 5.86. The van der Waals surface area contributed by atoms with Crippen molar-refractivity contribution in [3.05, 3.63) is 24.0 Å². The Morgan fingerprint density at radius 3 is 3.08 bits per heavy atom. The van der Waals surface area contributed by atoms with Crippen molar-refractivity contribution in [1.82, 2.24) is 4.98 Å². The minimum Gasteiger partial charge on any atom is -0.261 e. The summed E-state index contributed by atoms with van der Waals surface area (Å²) in [5.74, 6) is 0. The first-order valence-corrected chi connectivity index (χ1v) is 7.46. The van der Waals surface area contributed by atoms with Crippen molar-refractivity contribution in [3.8, 4) is 0 Å². The lowest BCUT2D eigenvalue weighted by atomic mass is 10.2. The predicted molar refractivity (Wildman–Crippen MR) is 62.7 cm³/mol. The van der Waals surface area contributed by atoms with Gasteiger partial charge >= 0.3 is 0 Å². The molecule has 1 heterocycles. The Bertz CT molecular complexity index is 240. The minimum absolute atomic E-state index is 1.11. The second-order valence-electron chi connectivity index (χ2n) is 2.66. The van der Waals surface area contributed by atoms with E-state index in [1.54, 1.807) is 8.93 Å². The molecule has 0 unspecified atom stereocenters. The number of hydrogen-bond acceptors (Lipinski definition) is 2. The highest BCUT2D eigenvalue weighted by atomic mass is 127.